The Morgan fingerprint density at radius 1 is 1.24 bits per heavy atom. The maximum atomic E-state index is 3.77. The molecule has 0 heterocycles. The van der Waals surface area contributed by atoms with Gasteiger partial charge in [0, 0.05) is 6.04 Å². The van der Waals surface area contributed by atoms with Gasteiger partial charge in [-0.1, -0.05) is 52.9 Å². The quantitative estimate of drug-likeness (QED) is 0.644. The van der Waals surface area contributed by atoms with Crippen LogP contribution in [0.3, 0.4) is 0 Å². The summed E-state index contributed by atoms with van der Waals surface area (Å²) in [6, 6.07) is 0.774. The lowest BCUT2D eigenvalue weighted by Crippen LogP contribution is -2.31. The fraction of sp³-hybridized carbons (Fsp3) is 1.00. The van der Waals surface area contributed by atoms with Crippen LogP contribution in [0.4, 0.5) is 0 Å². The van der Waals surface area contributed by atoms with E-state index in [0.29, 0.717) is 0 Å². The van der Waals surface area contributed by atoms with E-state index in [0.717, 1.165) is 17.9 Å². The van der Waals surface area contributed by atoms with Crippen LogP contribution in [0.1, 0.15) is 78.6 Å². The number of hydrogen-bond acceptors (Lipinski definition) is 1. The molecule has 1 aliphatic rings. The molecule has 0 amide bonds. The molecule has 1 nitrogen and oxygen atoms in total. The van der Waals surface area contributed by atoms with Crippen molar-refractivity contribution < 1.29 is 0 Å². The minimum absolute atomic E-state index is 0.774. The molecule has 1 fully saturated rings. The maximum Gasteiger partial charge on any atom is 0.00644 e. The highest BCUT2D eigenvalue weighted by Crippen LogP contribution is 2.30. The van der Waals surface area contributed by atoms with Crippen LogP contribution in [0.2, 0.25) is 0 Å². The minimum atomic E-state index is 0.774. The van der Waals surface area contributed by atoms with Crippen molar-refractivity contribution in [2.75, 3.05) is 6.54 Å². The summed E-state index contributed by atoms with van der Waals surface area (Å²) in [6.07, 6.45) is 12.7. The van der Waals surface area contributed by atoms with Gasteiger partial charge in [-0.2, -0.15) is 0 Å². The summed E-state index contributed by atoms with van der Waals surface area (Å²) in [5.74, 6) is 1.99. The van der Waals surface area contributed by atoms with E-state index in [-0.39, 0.29) is 0 Å². The number of rotatable bonds is 8. The van der Waals surface area contributed by atoms with Gasteiger partial charge in [-0.05, 0) is 44.1 Å². The first-order valence-electron chi connectivity index (χ1n) is 7.99. The maximum absolute atomic E-state index is 3.77. The van der Waals surface area contributed by atoms with Crippen molar-refractivity contribution in [1.29, 1.82) is 0 Å². The van der Waals surface area contributed by atoms with Gasteiger partial charge in [0.2, 0.25) is 0 Å². The molecule has 1 N–H and O–H groups in total. The molecule has 0 saturated heterocycles. The van der Waals surface area contributed by atoms with Gasteiger partial charge in [0.15, 0.2) is 0 Å². The monoisotopic (exact) mass is 239 g/mol. The largest absolute Gasteiger partial charge is 0.314 e. The lowest BCUT2D eigenvalue weighted by molar-refractivity contribution is 0.263. The summed E-state index contributed by atoms with van der Waals surface area (Å²) in [5.41, 5.74) is 0. The molecule has 0 aromatic rings. The highest BCUT2D eigenvalue weighted by atomic mass is 14.9. The summed E-state index contributed by atoms with van der Waals surface area (Å²) in [7, 11) is 0. The Labute approximate surface area is 109 Å². The molecular weight excluding hydrogens is 206 g/mol. The smallest absolute Gasteiger partial charge is 0.00644 e. The van der Waals surface area contributed by atoms with Crippen LogP contribution in [0.15, 0.2) is 0 Å². The van der Waals surface area contributed by atoms with Crippen molar-refractivity contribution in [3.05, 3.63) is 0 Å². The van der Waals surface area contributed by atoms with Gasteiger partial charge < -0.3 is 5.32 Å². The third-order valence-electron chi connectivity index (χ3n) is 4.43. The first-order valence-corrected chi connectivity index (χ1v) is 7.99. The Bertz CT molecular complexity index is 178. The number of unbranched alkanes of at least 4 members (excludes halogenated alkanes) is 1. The van der Waals surface area contributed by atoms with Crippen molar-refractivity contribution in [3.8, 4) is 0 Å². The standard InChI is InChI=1S/C16H33N/c1-4-6-10-16(5-2)17-12-11-15-9-7-8-14(3)13-15/h14-17H,4-13H2,1-3H3. The third-order valence-corrected chi connectivity index (χ3v) is 4.43. The van der Waals surface area contributed by atoms with E-state index >= 15 is 0 Å². The Balaban J connectivity index is 2.08. The zero-order valence-corrected chi connectivity index (χ0v) is 12.3. The van der Waals surface area contributed by atoms with Gasteiger partial charge in [-0.15, -0.1) is 0 Å². The van der Waals surface area contributed by atoms with Crippen molar-refractivity contribution >= 4 is 0 Å². The molecule has 1 heteroatoms. The van der Waals surface area contributed by atoms with Crippen molar-refractivity contribution in [2.24, 2.45) is 11.8 Å². The lowest BCUT2D eigenvalue weighted by Gasteiger charge is -2.27. The lowest BCUT2D eigenvalue weighted by atomic mass is 9.81. The summed E-state index contributed by atoms with van der Waals surface area (Å²) in [6.45, 7) is 8.28. The molecule has 0 aromatic carbocycles. The predicted octanol–water partition coefficient (Wildman–Crippen LogP) is 4.76. The number of hydrogen-bond donors (Lipinski definition) is 1. The molecule has 1 saturated carbocycles. The molecule has 1 rings (SSSR count). The van der Waals surface area contributed by atoms with Crippen LogP contribution in [-0.4, -0.2) is 12.6 Å². The second-order valence-electron chi connectivity index (χ2n) is 6.13. The van der Waals surface area contributed by atoms with Crippen LogP contribution in [0.25, 0.3) is 0 Å². The molecule has 1 aliphatic carbocycles. The summed E-state index contributed by atoms with van der Waals surface area (Å²) in [5, 5.41) is 3.77. The van der Waals surface area contributed by atoms with Gasteiger partial charge in [0.1, 0.15) is 0 Å². The fourth-order valence-electron chi connectivity index (χ4n) is 3.21. The third kappa shape index (κ3) is 6.45. The molecule has 3 unspecified atom stereocenters. The molecule has 0 spiro atoms. The normalized spacial score (nSPS) is 27.0. The van der Waals surface area contributed by atoms with Crippen LogP contribution >= 0.6 is 0 Å². The molecule has 0 radical (unpaired) electrons. The summed E-state index contributed by atoms with van der Waals surface area (Å²) >= 11 is 0. The Hall–Kier alpha value is -0.0400. The van der Waals surface area contributed by atoms with E-state index in [1.807, 2.05) is 0 Å². The van der Waals surface area contributed by atoms with E-state index in [1.54, 1.807) is 0 Å². The average molecular weight is 239 g/mol. The number of nitrogens with one attached hydrogen (secondary N) is 1. The van der Waals surface area contributed by atoms with E-state index in [4.69, 9.17) is 0 Å². The molecule has 0 aliphatic heterocycles. The topological polar surface area (TPSA) is 12.0 Å². The van der Waals surface area contributed by atoms with Gasteiger partial charge in [0.25, 0.3) is 0 Å². The summed E-state index contributed by atoms with van der Waals surface area (Å²) < 4.78 is 0. The SMILES string of the molecule is CCCCC(CC)NCCC1CCCC(C)C1. The van der Waals surface area contributed by atoms with Crippen LogP contribution in [0.5, 0.6) is 0 Å². The van der Waals surface area contributed by atoms with Crippen LogP contribution < -0.4 is 5.32 Å². The van der Waals surface area contributed by atoms with Crippen LogP contribution in [0, 0.1) is 11.8 Å². The molecular formula is C16H33N. The van der Waals surface area contributed by atoms with E-state index in [9.17, 15) is 0 Å². The Morgan fingerprint density at radius 2 is 2.06 bits per heavy atom. The summed E-state index contributed by atoms with van der Waals surface area (Å²) in [4.78, 5) is 0. The van der Waals surface area contributed by atoms with E-state index < -0.39 is 0 Å². The zero-order chi connectivity index (χ0) is 12.5. The zero-order valence-electron chi connectivity index (χ0n) is 12.3. The fourth-order valence-corrected chi connectivity index (χ4v) is 3.21. The van der Waals surface area contributed by atoms with E-state index in [1.165, 1.54) is 64.3 Å². The first kappa shape index (κ1) is 15.0. The van der Waals surface area contributed by atoms with Gasteiger partial charge in [-0.3, -0.25) is 0 Å². The van der Waals surface area contributed by atoms with Gasteiger partial charge in [0.05, 0.1) is 0 Å². The second kappa shape index (κ2) is 8.97. The Morgan fingerprint density at radius 3 is 2.71 bits per heavy atom. The minimum Gasteiger partial charge on any atom is -0.314 e. The highest BCUT2D eigenvalue weighted by Gasteiger charge is 2.18. The van der Waals surface area contributed by atoms with Crippen molar-refractivity contribution in [3.63, 3.8) is 0 Å². The second-order valence-corrected chi connectivity index (χ2v) is 6.13. The molecule has 3 atom stereocenters. The molecule has 102 valence electrons. The predicted molar refractivity (Wildman–Crippen MR) is 77.3 cm³/mol. The average Bonchev–Trinajstić information content (AvgIpc) is 2.33. The molecule has 0 aromatic heterocycles. The molecule has 17 heavy (non-hydrogen) atoms. The highest BCUT2D eigenvalue weighted by molar-refractivity contribution is 4.72. The van der Waals surface area contributed by atoms with Crippen molar-refractivity contribution in [2.45, 2.75) is 84.6 Å². The first-order chi connectivity index (χ1) is 8.26. The van der Waals surface area contributed by atoms with Gasteiger partial charge in [-0.25, -0.2) is 0 Å². The molecule has 0 bridgehead atoms. The Kier molecular flexibility index (Phi) is 7.92. The van der Waals surface area contributed by atoms with Crippen molar-refractivity contribution in [1.82, 2.24) is 5.32 Å². The van der Waals surface area contributed by atoms with Gasteiger partial charge >= 0.3 is 0 Å². The van der Waals surface area contributed by atoms with E-state index in [2.05, 4.69) is 26.1 Å². The van der Waals surface area contributed by atoms with Crippen LogP contribution in [-0.2, 0) is 0 Å².